The van der Waals surface area contributed by atoms with E-state index in [4.69, 9.17) is 16.7 Å². The second kappa shape index (κ2) is 5.23. The van der Waals surface area contributed by atoms with Gasteiger partial charge < -0.3 is 5.11 Å². The van der Waals surface area contributed by atoms with Crippen LogP contribution in [0, 0.1) is 0 Å². The molecular weight excluding hydrogens is 277 g/mol. The Morgan fingerprint density at radius 2 is 1.79 bits per heavy atom. The fourth-order valence-electron chi connectivity index (χ4n) is 1.76. The number of hydrogen-bond acceptors (Lipinski definition) is 1. The molecule has 1 N–H and O–H groups in total. The summed E-state index contributed by atoms with van der Waals surface area (Å²) in [5.74, 6) is 0. The molecule has 0 aliphatic rings. The molecule has 0 atom stereocenters. The molecule has 0 amide bonds. The van der Waals surface area contributed by atoms with E-state index >= 15 is 0 Å². The summed E-state index contributed by atoms with van der Waals surface area (Å²) in [5.41, 5.74) is 0.710. The molecule has 0 aromatic heterocycles. The maximum absolute atomic E-state index is 12.7. The highest BCUT2D eigenvalue weighted by molar-refractivity contribution is 6.33. The smallest absolute Gasteiger partial charge is 0.392 e. The number of aliphatic hydroxyl groups is 1. The van der Waals surface area contributed by atoms with Crippen LogP contribution in [0.1, 0.15) is 11.1 Å². The van der Waals surface area contributed by atoms with Crippen molar-refractivity contribution in [3.05, 3.63) is 58.6 Å². The number of hydrogen-bond donors (Lipinski definition) is 1. The third-order valence-electron chi connectivity index (χ3n) is 2.71. The molecule has 0 saturated carbocycles. The third kappa shape index (κ3) is 3.08. The molecular formula is C14H10ClF3O. The van der Waals surface area contributed by atoms with E-state index in [9.17, 15) is 13.2 Å². The van der Waals surface area contributed by atoms with E-state index in [2.05, 4.69) is 0 Å². The van der Waals surface area contributed by atoms with Gasteiger partial charge in [0.05, 0.1) is 12.2 Å². The first-order valence-electron chi connectivity index (χ1n) is 5.49. The Morgan fingerprint density at radius 3 is 2.42 bits per heavy atom. The Kier molecular flexibility index (Phi) is 3.83. The summed E-state index contributed by atoms with van der Waals surface area (Å²) >= 11 is 5.99. The van der Waals surface area contributed by atoms with Crippen molar-refractivity contribution < 1.29 is 18.3 Å². The molecule has 0 aliphatic heterocycles. The van der Waals surface area contributed by atoms with Gasteiger partial charge in [-0.05, 0) is 35.4 Å². The Morgan fingerprint density at radius 1 is 1.05 bits per heavy atom. The van der Waals surface area contributed by atoms with Crippen LogP contribution in [0.25, 0.3) is 11.1 Å². The summed E-state index contributed by atoms with van der Waals surface area (Å²) < 4.78 is 38.0. The van der Waals surface area contributed by atoms with E-state index in [1.165, 1.54) is 6.07 Å². The van der Waals surface area contributed by atoms with Gasteiger partial charge in [-0.15, -0.1) is 0 Å². The Bertz CT molecular complexity index is 593. The van der Waals surface area contributed by atoms with E-state index in [0.717, 1.165) is 12.1 Å². The molecule has 2 rings (SSSR count). The van der Waals surface area contributed by atoms with Gasteiger partial charge in [0, 0.05) is 10.6 Å². The largest absolute Gasteiger partial charge is 0.416 e. The molecule has 2 aromatic carbocycles. The maximum Gasteiger partial charge on any atom is 0.416 e. The van der Waals surface area contributed by atoms with Crippen LogP contribution >= 0.6 is 11.6 Å². The van der Waals surface area contributed by atoms with Crippen molar-refractivity contribution >= 4 is 11.6 Å². The lowest BCUT2D eigenvalue weighted by molar-refractivity contribution is -0.137. The van der Waals surface area contributed by atoms with E-state index in [1.54, 1.807) is 24.3 Å². The van der Waals surface area contributed by atoms with Crippen molar-refractivity contribution in [2.75, 3.05) is 0 Å². The first-order valence-corrected chi connectivity index (χ1v) is 5.86. The van der Waals surface area contributed by atoms with Crippen LogP contribution in [0.2, 0.25) is 5.02 Å². The Labute approximate surface area is 113 Å². The summed E-state index contributed by atoms with van der Waals surface area (Å²) in [6.45, 7) is -0.191. The standard InChI is InChI=1S/C14H10ClF3O/c15-13-5-4-9(8-19)6-12(13)10-2-1-3-11(7-10)14(16,17)18/h1-7,19H,8H2. The number of benzene rings is 2. The summed E-state index contributed by atoms with van der Waals surface area (Å²) in [6.07, 6.45) is -4.39. The van der Waals surface area contributed by atoms with Gasteiger partial charge in [0.1, 0.15) is 0 Å². The molecule has 0 bridgehead atoms. The highest BCUT2D eigenvalue weighted by Crippen LogP contribution is 2.34. The van der Waals surface area contributed by atoms with Crippen LogP contribution in [0.5, 0.6) is 0 Å². The molecule has 0 saturated heterocycles. The lowest BCUT2D eigenvalue weighted by Crippen LogP contribution is -2.04. The van der Waals surface area contributed by atoms with Crippen LogP contribution < -0.4 is 0 Å². The molecule has 0 spiro atoms. The van der Waals surface area contributed by atoms with Crippen LogP contribution in [-0.2, 0) is 12.8 Å². The van der Waals surface area contributed by atoms with Gasteiger partial charge in [0.25, 0.3) is 0 Å². The molecule has 2 aromatic rings. The fraction of sp³-hybridized carbons (Fsp3) is 0.143. The number of halogens is 4. The van der Waals surface area contributed by atoms with Gasteiger partial charge in [-0.3, -0.25) is 0 Å². The predicted molar refractivity (Wildman–Crippen MR) is 67.8 cm³/mol. The normalized spacial score (nSPS) is 11.6. The number of rotatable bonds is 2. The highest BCUT2D eigenvalue weighted by Gasteiger charge is 2.30. The number of aliphatic hydroxyl groups excluding tert-OH is 1. The lowest BCUT2D eigenvalue weighted by Gasteiger charge is -2.10. The molecule has 1 nitrogen and oxygen atoms in total. The first-order chi connectivity index (χ1) is 8.91. The summed E-state index contributed by atoms with van der Waals surface area (Å²) in [5, 5.41) is 9.40. The summed E-state index contributed by atoms with van der Waals surface area (Å²) in [7, 11) is 0. The molecule has 0 heterocycles. The molecule has 5 heteroatoms. The topological polar surface area (TPSA) is 20.2 Å². The first kappa shape index (κ1) is 13.9. The maximum atomic E-state index is 12.7. The lowest BCUT2D eigenvalue weighted by atomic mass is 10.0. The van der Waals surface area contributed by atoms with E-state index in [0.29, 0.717) is 21.7 Å². The van der Waals surface area contributed by atoms with Crippen molar-refractivity contribution in [1.29, 1.82) is 0 Å². The van der Waals surface area contributed by atoms with Gasteiger partial charge in [-0.25, -0.2) is 0 Å². The molecule has 0 fully saturated rings. The third-order valence-corrected chi connectivity index (χ3v) is 3.04. The average Bonchev–Trinajstić information content (AvgIpc) is 2.38. The van der Waals surface area contributed by atoms with Crippen LogP contribution in [0.4, 0.5) is 13.2 Å². The van der Waals surface area contributed by atoms with Crippen molar-refractivity contribution in [3.8, 4) is 11.1 Å². The minimum Gasteiger partial charge on any atom is -0.392 e. The zero-order chi connectivity index (χ0) is 14.0. The van der Waals surface area contributed by atoms with Crippen LogP contribution in [0.3, 0.4) is 0 Å². The second-order valence-corrected chi connectivity index (χ2v) is 4.46. The fourth-order valence-corrected chi connectivity index (χ4v) is 1.98. The second-order valence-electron chi connectivity index (χ2n) is 4.05. The molecule has 0 aliphatic carbocycles. The van der Waals surface area contributed by atoms with Gasteiger partial charge in [-0.2, -0.15) is 13.2 Å². The van der Waals surface area contributed by atoms with Crippen LogP contribution in [-0.4, -0.2) is 5.11 Å². The highest BCUT2D eigenvalue weighted by atomic mass is 35.5. The SMILES string of the molecule is OCc1ccc(Cl)c(-c2cccc(C(F)(F)F)c2)c1. The molecule has 19 heavy (non-hydrogen) atoms. The zero-order valence-electron chi connectivity index (χ0n) is 9.71. The van der Waals surface area contributed by atoms with Crippen molar-refractivity contribution in [3.63, 3.8) is 0 Å². The van der Waals surface area contributed by atoms with Gasteiger partial charge in [0.15, 0.2) is 0 Å². The zero-order valence-corrected chi connectivity index (χ0v) is 10.5. The molecule has 100 valence electrons. The van der Waals surface area contributed by atoms with E-state index < -0.39 is 11.7 Å². The van der Waals surface area contributed by atoms with Crippen molar-refractivity contribution in [2.45, 2.75) is 12.8 Å². The van der Waals surface area contributed by atoms with Crippen molar-refractivity contribution in [2.24, 2.45) is 0 Å². The molecule has 0 radical (unpaired) electrons. The van der Waals surface area contributed by atoms with Gasteiger partial charge in [-0.1, -0.05) is 29.8 Å². The Hall–Kier alpha value is -1.52. The minimum absolute atomic E-state index is 0.191. The van der Waals surface area contributed by atoms with E-state index in [-0.39, 0.29) is 6.61 Å². The van der Waals surface area contributed by atoms with Gasteiger partial charge >= 0.3 is 6.18 Å². The molecule has 0 unspecified atom stereocenters. The van der Waals surface area contributed by atoms with Gasteiger partial charge in [0.2, 0.25) is 0 Å². The van der Waals surface area contributed by atoms with E-state index in [1.807, 2.05) is 0 Å². The van der Waals surface area contributed by atoms with Crippen molar-refractivity contribution in [1.82, 2.24) is 0 Å². The number of alkyl halides is 3. The minimum atomic E-state index is -4.39. The quantitative estimate of drug-likeness (QED) is 0.861. The average molecular weight is 287 g/mol. The summed E-state index contributed by atoms with van der Waals surface area (Å²) in [4.78, 5) is 0. The predicted octanol–water partition coefficient (Wildman–Crippen LogP) is 4.52. The Balaban J connectivity index is 2.53. The summed E-state index contributed by atoms with van der Waals surface area (Å²) in [6, 6.07) is 9.70. The van der Waals surface area contributed by atoms with Crippen LogP contribution in [0.15, 0.2) is 42.5 Å². The monoisotopic (exact) mass is 286 g/mol.